The smallest absolute Gasteiger partial charge is 0.311 e. The van der Waals surface area contributed by atoms with Gasteiger partial charge in [-0.05, 0) is 0 Å². The highest BCUT2D eigenvalue weighted by atomic mass is 79.9. The van der Waals surface area contributed by atoms with Gasteiger partial charge in [0.2, 0.25) is 5.91 Å². The fourth-order valence-electron chi connectivity index (χ4n) is 2.96. The van der Waals surface area contributed by atoms with Gasteiger partial charge in [-0.3, -0.25) is 19.6 Å². The number of hydrogen-bond acceptors (Lipinski definition) is 5. The van der Waals surface area contributed by atoms with Gasteiger partial charge >= 0.3 is 5.69 Å². The van der Waals surface area contributed by atoms with Crippen molar-refractivity contribution in [2.75, 3.05) is 23.9 Å². The molecule has 0 fully saturated rings. The standard InChI is InChI=1S/C15H15BrN4O4/c1-18-11-3-4-19(15(21)7-16)12-6-14(24-2)13(20(22)23)5-9(12)10(11)8-17-18/h5-6,8H,3-4,7H2,1-2H3. The van der Waals surface area contributed by atoms with Crippen LogP contribution in [0.15, 0.2) is 18.3 Å². The summed E-state index contributed by atoms with van der Waals surface area (Å²) in [5, 5.41) is 15.8. The normalized spacial score (nSPS) is 13.0. The van der Waals surface area contributed by atoms with E-state index in [9.17, 15) is 14.9 Å². The van der Waals surface area contributed by atoms with Crippen molar-refractivity contribution in [2.24, 2.45) is 7.05 Å². The average Bonchev–Trinajstić information content (AvgIpc) is 2.86. The van der Waals surface area contributed by atoms with E-state index in [1.807, 2.05) is 7.05 Å². The topological polar surface area (TPSA) is 90.5 Å². The maximum absolute atomic E-state index is 12.3. The van der Waals surface area contributed by atoms with Gasteiger partial charge in [0, 0.05) is 49.0 Å². The lowest BCUT2D eigenvalue weighted by molar-refractivity contribution is -0.385. The van der Waals surface area contributed by atoms with Crippen molar-refractivity contribution in [1.29, 1.82) is 0 Å². The Bertz CT molecular complexity index is 833. The van der Waals surface area contributed by atoms with Crippen molar-refractivity contribution < 1.29 is 14.5 Å². The van der Waals surface area contributed by atoms with E-state index < -0.39 is 4.92 Å². The molecule has 126 valence electrons. The lowest BCUT2D eigenvalue weighted by Crippen LogP contribution is -2.33. The fraction of sp³-hybridized carbons (Fsp3) is 0.333. The molecule has 9 heteroatoms. The molecule has 0 spiro atoms. The highest BCUT2D eigenvalue weighted by Gasteiger charge is 2.30. The van der Waals surface area contributed by atoms with Gasteiger partial charge in [0.25, 0.3) is 0 Å². The molecule has 1 aromatic carbocycles. The summed E-state index contributed by atoms with van der Waals surface area (Å²) in [6, 6.07) is 3.00. The number of fused-ring (bicyclic) bond motifs is 3. The third-order valence-corrected chi connectivity index (χ3v) is 4.60. The third kappa shape index (κ3) is 2.54. The van der Waals surface area contributed by atoms with Crippen LogP contribution in [0.4, 0.5) is 11.4 Å². The summed E-state index contributed by atoms with van der Waals surface area (Å²) in [4.78, 5) is 24.8. The summed E-state index contributed by atoms with van der Waals surface area (Å²) in [6.45, 7) is 0.463. The Morgan fingerprint density at radius 3 is 2.83 bits per heavy atom. The fourth-order valence-corrected chi connectivity index (χ4v) is 3.26. The molecule has 0 radical (unpaired) electrons. The Kier molecular flexibility index (Phi) is 4.27. The van der Waals surface area contributed by atoms with E-state index in [1.165, 1.54) is 13.2 Å². The van der Waals surface area contributed by atoms with E-state index in [0.29, 0.717) is 24.2 Å². The van der Waals surface area contributed by atoms with E-state index in [2.05, 4.69) is 21.0 Å². The molecule has 1 aliphatic rings. The highest BCUT2D eigenvalue weighted by molar-refractivity contribution is 9.09. The highest BCUT2D eigenvalue weighted by Crippen LogP contribution is 2.43. The number of rotatable bonds is 3. The maximum Gasteiger partial charge on any atom is 0.311 e. The van der Waals surface area contributed by atoms with Crippen LogP contribution >= 0.6 is 15.9 Å². The molecule has 2 aromatic rings. The number of amides is 1. The molecule has 0 bridgehead atoms. The SMILES string of the molecule is COc1cc2c(cc1[N+](=O)[O-])-c1cnn(C)c1CCN2C(=O)CBr. The van der Waals surface area contributed by atoms with E-state index in [0.717, 1.165) is 11.3 Å². The minimum absolute atomic E-state index is 0.118. The summed E-state index contributed by atoms with van der Waals surface area (Å²) in [5.41, 5.74) is 2.79. The van der Waals surface area contributed by atoms with Crippen molar-refractivity contribution in [3.63, 3.8) is 0 Å². The van der Waals surface area contributed by atoms with Crippen LogP contribution in [0.1, 0.15) is 5.69 Å². The molecule has 8 nitrogen and oxygen atoms in total. The average molecular weight is 395 g/mol. The predicted molar refractivity (Wildman–Crippen MR) is 91.7 cm³/mol. The number of ether oxygens (including phenoxy) is 1. The van der Waals surface area contributed by atoms with Crippen molar-refractivity contribution in [3.8, 4) is 16.9 Å². The zero-order chi connectivity index (χ0) is 17.4. The quantitative estimate of drug-likeness (QED) is 0.452. The van der Waals surface area contributed by atoms with Crippen LogP contribution in [0.2, 0.25) is 0 Å². The lowest BCUT2D eigenvalue weighted by Gasteiger charge is -2.22. The predicted octanol–water partition coefficient (Wildman–Crippen LogP) is 2.29. The molecule has 0 saturated heterocycles. The van der Waals surface area contributed by atoms with Crippen molar-refractivity contribution in [2.45, 2.75) is 6.42 Å². The molecule has 24 heavy (non-hydrogen) atoms. The van der Waals surface area contributed by atoms with Crippen LogP contribution in [0.25, 0.3) is 11.1 Å². The van der Waals surface area contributed by atoms with Gasteiger partial charge in [0.05, 0.1) is 29.2 Å². The summed E-state index contributed by atoms with van der Waals surface area (Å²) < 4.78 is 6.89. The van der Waals surface area contributed by atoms with Crippen LogP contribution in [0, 0.1) is 10.1 Å². The number of benzene rings is 1. The molecule has 1 aliphatic heterocycles. The van der Waals surface area contributed by atoms with E-state index in [1.54, 1.807) is 21.8 Å². The van der Waals surface area contributed by atoms with Crippen LogP contribution < -0.4 is 9.64 Å². The molecule has 0 saturated carbocycles. The first-order valence-electron chi connectivity index (χ1n) is 7.22. The molecule has 1 amide bonds. The summed E-state index contributed by atoms with van der Waals surface area (Å²) in [7, 11) is 3.19. The van der Waals surface area contributed by atoms with Gasteiger partial charge < -0.3 is 9.64 Å². The number of carbonyl (C=O) groups excluding carboxylic acids is 1. The number of carbonyl (C=O) groups is 1. The Morgan fingerprint density at radius 1 is 1.46 bits per heavy atom. The number of hydrogen-bond donors (Lipinski definition) is 0. The summed E-state index contributed by atoms with van der Waals surface area (Å²) in [6.07, 6.45) is 2.28. The first-order valence-corrected chi connectivity index (χ1v) is 8.34. The Hall–Kier alpha value is -2.42. The van der Waals surface area contributed by atoms with Gasteiger partial charge in [-0.25, -0.2) is 0 Å². The van der Waals surface area contributed by atoms with Crippen molar-refractivity contribution >= 4 is 33.2 Å². The van der Waals surface area contributed by atoms with Crippen molar-refractivity contribution in [1.82, 2.24) is 9.78 Å². The Labute approximate surface area is 146 Å². The van der Waals surface area contributed by atoms with Crippen LogP contribution in [-0.4, -0.2) is 39.6 Å². The first-order chi connectivity index (χ1) is 11.5. The number of halogens is 1. The van der Waals surface area contributed by atoms with Gasteiger partial charge in [-0.15, -0.1) is 0 Å². The largest absolute Gasteiger partial charge is 0.490 e. The molecular formula is C15H15BrN4O4. The van der Waals surface area contributed by atoms with Crippen LogP contribution in [0.3, 0.4) is 0 Å². The number of nitro groups is 1. The van der Waals surface area contributed by atoms with E-state index in [-0.39, 0.29) is 22.7 Å². The maximum atomic E-state index is 12.3. The van der Waals surface area contributed by atoms with E-state index >= 15 is 0 Å². The minimum Gasteiger partial charge on any atom is -0.490 e. The zero-order valence-electron chi connectivity index (χ0n) is 13.2. The van der Waals surface area contributed by atoms with Crippen LogP contribution in [-0.2, 0) is 18.3 Å². The molecule has 0 N–H and O–H groups in total. The number of nitro benzene ring substituents is 1. The van der Waals surface area contributed by atoms with E-state index in [4.69, 9.17) is 4.74 Å². The molecule has 2 heterocycles. The molecule has 1 aromatic heterocycles. The first kappa shape index (κ1) is 16.4. The lowest BCUT2D eigenvalue weighted by atomic mass is 10.0. The minimum atomic E-state index is -0.489. The molecular weight excluding hydrogens is 380 g/mol. The monoisotopic (exact) mass is 394 g/mol. The molecule has 3 rings (SSSR count). The number of methoxy groups -OCH3 is 1. The van der Waals surface area contributed by atoms with Crippen LogP contribution in [0.5, 0.6) is 5.75 Å². The van der Waals surface area contributed by atoms with Gasteiger partial charge in [-0.2, -0.15) is 5.10 Å². The van der Waals surface area contributed by atoms with Gasteiger partial charge in [0.1, 0.15) is 0 Å². The summed E-state index contributed by atoms with van der Waals surface area (Å²) in [5.74, 6) is 0.00591. The number of nitrogens with zero attached hydrogens (tertiary/aromatic N) is 4. The molecule has 0 atom stereocenters. The number of aromatic nitrogens is 2. The Morgan fingerprint density at radius 2 is 2.21 bits per heavy atom. The van der Waals surface area contributed by atoms with Gasteiger partial charge in [0.15, 0.2) is 5.75 Å². The summed E-state index contributed by atoms with van der Waals surface area (Å²) >= 11 is 3.19. The number of aryl methyl sites for hydroxylation is 1. The van der Waals surface area contributed by atoms with Gasteiger partial charge in [-0.1, -0.05) is 15.9 Å². The Balaban J connectivity index is 2.30. The second-order valence-electron chi connectivity index (χ2n) is 5.36. The second kappa shape index (κ2) is 6.23. The number of alkyl halides is 1. The van der Waals surface area contributed by atoms with Crippen molar-refractivity contribution in [3.05, 3.63) is 34.1 Å². The zero-order valence-corrected chi connectivity index (χ0v) is 14.7. The third-order valence-electron chi connectivity index (χ3n) is 4.12. The molecule has 0 unspecified atom stereocenters. The second-order valence-corrected chi connectivity index (χ2v) is 5.92. The molecule has 0 aliphatic carbocycles. The number of anilines is 1.